The Hall–Kier alpha value is -3.66. The van der Waals surface area contributed by atoms with E-state index in [0.717, 1.165) is 5.69 Å². The number of anilines is 1. The fourth-order valence-electron chi connectivity index (χ4n) is 2.88. The minimum Gasteiger partial charge on any atom is -0.483 e. The predicted octanol–water partition coefficient (Wildman–Crippen LogP) is 4.40. The summed E-state index contributed by atoms with van der Waals surface area (Å²) in [6, 6.07) is 17.2. The predicted molar refractivity (Wildman–Crippen MR) is 117 cm³/mol. The molecule has 0 radical (unpaired) electrons. The van der Waals surface area contributed by atoms with Gasteiger partial charge in [0.15, 0.2) is 28.4 Å². The number of halogens is 1. The first-order valence-corrected chi connectivity index (χ1v) is 10.7. The van der Waals surface area contributed by atoms with E-state index in [1.54, 1.807) is 42.7 Å². The molecule has 0 spiro atoms. The number of nitrogens with zero attached hydrogens (tertiary/aromatic N) is 4. The summed E-state index contributed by atoms with van der Waals surface area (Å²) in [5, 5.41) is 15.0. The molecule has 0 saturated heterocycles. The van der Waals surface area contributed by atoms with Gasteiger partial charge in [-0.2, -0.15) is 0 Å². The van der Waals surface area contributed by atoms with Gasteiger partial charge in [0.1, 0.15) is 12.4 Å². The molecule has 0 bridgehead atoms. The Morgan fingerprint density at radius 3 is 2.66 bits per heavy atom. The van der Waals surface area contributed by atoms with E-state index in [1.165, 1.54) is 17.8 Å². The van der Waals surface area contributed by atoms with Crippen LogP contribution in [0.2, 0.25) is 0 Å². The van der Waals surface area contributed by atoms with Crippen molar-refractivity contribution in [3.8, 4) is 11.4 Å². The SMILES string of the molecule is Cc1cc(NC(=O)C(C)Sc2nnc(COc3ccccc3F)n2-c2ccccc2)no1. The average molecular weight is 453 g/mol. The molecule has 1 unspecified atom stereocenters. The molecular formula is C22H20FN5O3S. The van der Waals surface area contributed by atoms with Crippen LogP contribution in [0.1, 0.15) is 18.5 Å². The second-order valence-corrected chi connectivity index (χ2v) is 8.17. The topological polar surface area (TPSA) is 95.1 Å². The van der Waals surface area contributed by atoms with Crippen LogP contribution in [0.15, 0.2) is 70.3 Å². The molecule has 4 rings (SSSR count). The first-order chi connectivity index (χ1) is 15.5. The summed E-state index contributed by atoms with van der Waals surface area (Å²) in [7, 11) is 0. The minimum absolute atomic E-state index is 0.00216. The molecule has 164 valence electrons. The number of amides is 1. The van der Waals surface area contributed by atoms with Crippen LogP contribution in [0.3, 0.4) is 0 Å². The Morgan fingerprint density at radius 2 is 1.94 bits per heavy atom. The van der Waals surface area contributed by atoms with Crippen molar-refractivity contribution in [1.29, 1.82) is 0 Å². The first kappa shape index (κ1) is 21.6. The molecule has 10 heteroatoms. The van der Waals surface area contributed by atoms with Crippen LogP contribution in [-0.2, 0) is 11.4 Å². The summed E-state index contributed by atoms with van der Waals surface area (Å²) < 4.78 is 26.3. The summed E-state index contributed by atoms with van der Waals surface area (Å²) in [5.74, 6) is 0.838. The van der Waals surface area contributed by atoms with E-state index in [9.17, 15) is 9.18 Å². The Bertz CT molecular complexity index is 1210. The van der Waals surface area contributed by atoms with E-state index in [0.29, 0.717) is 22.6 Å². The number of hydrogen-bond donors (Lipinski definition) is 1. The molecule has 0 aliphatic carbocycles. The maximum atomic E-state index is 13.9. The second-order valence-electron chi connectivity index (χ2n) is 6.86. The summed E-state index contributed by atoms with van der Waals surface area (Å²) >= 11 is 1.23. The summed E-state index contributed by atoms with van der Waals surface area (Å²) in [6.07, 6.45) is 0. The Morgan fingerprint density at radius 1 is 1.19 bits per heavy atom. The lowest BCUT2D eigenvalue weighted by atomic mass is 10.3. The van der Waals surface area contributed by atoms with Crippen molar-refractivity contribution in [2.24, 2.45) is 0 Å². The zero-order valence-electron chi connectivity index (χ0n) is 17.4. The number of carbonyl (C=O) groups excluding carboxylic acids is 1. The molecule has 2 aromatic carbocycles. The highest BCUT2D eigenvalue weighted by Gasteiger charge is 2.22. The highest BCUT2D eigenvalue weighted by molar-refractivity contribution is 8.00. The molecule has 0 saturated carbocycles. The Kier molecular flexibility index (Phi) is 6.50. The van der Waals surface area contributed by atoms with E-state index in [4.69, 9.17) is 9.26 Å². The summed E-state index contributed by atoms with van der Waals surface area (Å²) in [6.45, 7) is 3.50. The standard InChI is InChI=1S/C22H20FN5O3S/c1-14-12-19(27-31-14)24-21(29)15(2)32-22-26-25-20(28(22)16-8-4-3-5-9-16)13-30-18-11-7-6-10-17(18)23/h3-12,15H,13H2,1-2H3,(H,24,27,29). The minimum atomic E-state index is -0.501. The highest BCUT2D eigenvalue weighted by Crippen LogP contribution is 2.27. The van der Waals surface area contributed by atoms with E-state index < -0.39 is 11.1 Å². The third-order valence-corrected chi connectivity index (χ3v) is 5.48. The molecular weight excluding hydrogens is 433 g/mol. The number of rotatable bonds is 8. The van der Waals surface area contributed by atoms with Crippen molar-refractivity contribution in [2.45, 2.75) is 30.9 Å². The number of nitrogens with one attached hydrogen (secondary N) is 1. The third-order valence-electron chi connectivity index (χ3n) is 4.44. The molecule has 2 heterocycles. The molecule has 2 aromatic heterocycles. The zero-order chi connectivity index (χ0) is 22.5. The van der Waals surface area contributed by atoms with Crippen LogP contribution in [-0.4, -0.2) is 31.1 Å². The van der Waals surface area contributed by atoms with Gasteiger partial charge >= 0.3 is 0 Å². The van der Waals surface area contributed by atoms with Crippen LogP contribution in [0, 0.1) is 12.7 Å². The Labute approximate surface area is 187 Å². The molecule has 1 atom stereocenters. The lowest BCUT2D eigenvalue weighted by molar-refractivity contribution is -0.115. The number of thioether (sulfide) groups is 1. The van der Waals surface area contributed by atoms with Crippen molar-refractivity contribution < 1.29 is 18.4 Å². The van der Waals surface area contributed by atoms with Crippen molar-refractivity contribution in [1.82, 2.24) is 19.9 Å². The smallest absolute Gasteiger partial charge is 0.238 e. The molecule has 1 amide bonds. The van der Waals surface area contributed by atoms with Crippen molar-refractivity contribution in [3.63, 3.8) is 0 Å². The van der Waals surface area contributed by atoms with Gasteiger partial charge in [0.25, 0.3) is 0 Å². The van der Waals surface area contributed by atoms with Gasteiger partial charge in [0.05, 0.1) is 5.25 Å². The lowest BCUT2D eigenvalue weighted by Crippen LogP contribution is -2.23. The maximum Gasteiger partial charge on any atom is 0.238 e. The van der Waals surface area contributed by atoms with Gasteiger partial charge in [-0.1, -0.05) is 47.3 Å². The lowest BCUT2D eigenvalue weighted by Gasteiger charge is -2.13. The van der Waals surface area contributed by atoms with Crippen LogP contribution < -0.4 is 10.1 Å². The van der Waals surface area contributed by atoms with Crippen LogP contribution in [0.5, 0.6) is 5.75 Å². The van der Waals surface area contributed by atoms with Gasteiger partial charge in [0, 0.05) is 11.8 Å². The normalized spacial score (nSPS) is 11.8. The van der Waals surface area contributed by atoms with Gasteiger partial charge in [-0.3, -0.25) is 9.36 Å². The molecule has 8 nitrogen and oxygen atoms in total. The summed E-state index contributed by atoms with van der Waals surface area (Å²) in [5.41, 5.74) is 0.798. The van der Waals surface area contributed by atoms with Crippen molar-refractivity contribution in [3.05, 3.63) is 78.1 Å². The number of ether oxygens (including phenoxy) is 1. The fourth-order valence-corrected chi connectivity index (χ4v) is 3.76. The molecule has 4 aromatic rings. The third kappa shape index (κ3) is 4.97. The fraction of sp³-hybridized carbons (Fsp3) is 0.182. The van der Waals surface area contributed by atoms with E-state index in [-0.39, 0.29) is 18.3 Å². The Balaban J connectivity index is 1.55. The van der Waals surface area contributed by atoms with Crippen LogP contribution in [0.25, 0.3) is 5.69 Å². The number of carbonyl (C=O) groups is 1. The number of aryl methyl sites for hydroxylation is 1. The molecule has 0 aliphatic rings. The van der Waals surface area contributed by atoms with Gasteiger partial charge in [-0.05, 0) is 38.1 Å². The van der Waals surface area contributed by atoms with Crippen molar-refractivity contribution in [2.75, 3.05) is 5.32 Å². The number of hydrogen-bond acceptors (Lipinski definition) is 7. The molecule has 1 N–H and O–H groups in total. The number of para-hydroxylation sites is 2. The van der Waals surface area contributed by atoms with Gasteiger partial charge in [-0.25, -0.2) is 4.39 Å². The first-order valence-electron chi connectivity index (χ1n) is 9.79. The largest absolute Gasteiger partial charge is 0.483 e. The average Bonchev–Trinajstić information content (AvgIpc) is 3.39. The molecule has 32 heavy (non-hydrogen) atoms. The van der Waals surface area contributed by atoms with E-state index in [2.05, 4.69) is 20.7 Å². The highest BCUT2D eigenvalue weighted by atomic mass is 32.2. The van der Waals surface area contributed by atoms with Crippen LogP contribution >= 0.6 is 11.8 Å². The molecule has 0 aliphatic heterocycles. The summed E-state index contributed by atoms with van der Waals surface area (Å²) in [4.78, 5) is 12.6. The van der Waals surface area contributed by atoms with Gasteiger partial charge in [-0.15, -0.1) is 10.2 Å². The maximum absolute atomic E-state index is 13.9. The van der Waals surface area contributed by atoms with Crippen molar-refractivity contribution >= 4 is 23.5 Å². The van der Waals surface area contributed by atoms with E-state index >= 15 is 0 Å². The second kappa shape index (κ2) is 9.65. The quantitative estimate of drug-likeness (QED) is 0.395. The number of benzene rings is 2. The van der Waals surface area contributed by atoms with Gasteiger partial charge in [0.2, 0.25) is 5.91 Å². The molecule has 0 fully saturated rings. The van der Waals surface area contributed by atoms with Crippen LogP contribution in [0.4, 0.5) is 10.2 Å². The van der Waals surface area contributed by atoms with E-state index in [1.807, 2.05) is 30.3 Å². The van der Waals surface area contributed by atoms with Gasteiger partial charge < -0.3 is 14.6 Å². The zero-order valence-corrected chi connectivity index (χ0v) is 18.2. The monoisotopic (exact) mass is 453 g/mol. The number of aromatic nitrogens is 4.